The van der Waals surface area contributed by atoms with Gasteiger partial charge in [-0.15, -0.1) is 0 Å². The average molecular weight is 231 g/mol. The second-order valence-corrected chi connectivity index (χ2v) is 4.74. The third-order valence-corrected chi connectivity index (χ3v) is 3.44. The Morgan fingerprint density at radius 3 is 3.06 bits per heavy atom. The van der Waals surface area contributed by atoms with Gasteiger partial charge in [0.25, 0.3) is 0 Å². The van der Waals surface area contributed by atoms with Crippen molar-refractivity contribution in [2.75, 3.05) is 24.2 Å². The molecule has 2 aromatic rings. The van der Waals surface area contributed by atoms with Crippen molar-refractivity contribution in [2.24, 2.45) is 11.8 Å². The molecule has 3 rings (SSSR count). The van der Waals surface area contributed by atoms with Crippen LogP contribution in [0.15, 0.2) is 18.6 Å². The first-order chi connectivity index (χ1) is 8.28. The van der Waals surface area contributed by atoms with E-state index in [1.165, 1.54) is 6.42 Å². The van der Waals surface area contributed by atoms with Gasteiger partial charge in [-0.25, -0.2) is 9.97 Å². The van der Waals surface area contributed by atoms with E-state index in [9.17, 15) is 0 Å². The Morgan fingerprint density at radius 1 is 1.53 bits per heavy atom. The zero-order chi connectivity index (χ0) is 11.8. The molecule has 0 amide bonds. The second-order valence-electron chi connectivity index (χ2n) is 4.74. The number of nitrogens with zero attached hydrogens (tertiary/aromatic N) is 3. The first kappa shape index (κ1) is 10.4. The molecule has 2 N–H and O–H groups in total. The summed E-state index contributed by atoms with van der Waals surface area (Å²) in [6, 6.07) is 0. The lowest BCUT2D eigenvalue weighted by Gasteiger charge is -2.08. The van der Waals surface area contributed by atoms with Gasteiger partial charge in [0, 0.05) is 26.0 Å². The highest BCUT2D eigenvalue weighted by atomic mass is 15.1. The molecule has 0 aliphatic heterocycles. The van der Waals surface area contributed by atoms with Gasteiger partial charge in [0.1, 0.15) is 5.82 Å². The molecule has 17 heavy (non-hydrogen) atoms. The Hall–Kier alpha value is -1.78. The Labute approximate surface area is 100 Å². The summed E-state index contributed by atoms with van der Waals surface area (Å²) in [4.78, 5) is 8.83. The first-order valence-electron chi connectivity index (χ1n) is 6.03. The van der Waals surface area contributed by atoms with Crippen LogP contribution in [0.1, 0.15) is 13.3 Å². The molecule has 0 aromatic carbocycles. The van der Waals surface area contributed by atoms with Crippen molar-refractivity contribution in [3.05, 3.63) is 18.6 Å². The second kappa shape index (κ2) is 3.91. The molecule has 5 nitrogen and oxygen atoms in total. The summed E-state index contributed by atoms with van der Waals surface area (Å²) in [6.07, 6.45) is 6.99. The van der Waals surface area contributed by atoms with Gasteiger partial charge in [-0.1, -0.05) is 6.92 Å². The van der Waals surface area contributed by atoms with E-state index >= 15 is 0 Å². The molecule has 0 bridgehead atoms. The van der Waals surface area contributed by atoms with Crippen molar-refractivity contribution in [3.63, 3.8) is 0 Å². The van der Waals surface area contributed by atoms with Gasteiger partial charge in [0.2, 0.25) is 0 Å². The summed E-state index contributed by atoms with van der Waals surface area (Å²) in [6.45, 7) is 3.28. The van der Waals surface area contributed by atoms with Gasteiger partial charge < -0.3 is 15.0 Å². The Bertz CT molecular complexity index is 533. The summed E-state index contributed by atoms with van der Waals surface area (Å²) < 4.78 is 1.98. The van der Waals surface area contributed by atoms with Crippen LogP contribution in [-0.4, -0.2) is 28.0 Å². The highest BCUT2D eigenvalue weighted by Crippen LogP contribution is 2.37. The van der Waals surface area contributed by atoms with Crippen LogP contribution in [-0.2, 0) is 0 Å². The summed E-state index contributed by atoms with van der Waals surface area (Å²) in [7, 11) is 1.87. The largest absolute Gasteiger partial charge is 0.372 e. The van der Waals surface area contributed by atoms with Crippen LogP contribution >= 0.6 is 0 Å². The average Bonchev–Trinajstić information content (AvgIpc) is 2.86. The number of rotatable bonds is 4. The SMILES string of the molecule is CNc1cn2ccnc2c(NCC2CC2C)n1. The minimum absolute atomic E-state index is 0.796. The molecule has 1 saturated carbocycles. The van der Waals surface area contributed by atoms with Crippen molar-refractivity contribution in [1.29, 1.82) is 0 Å². The van der Waals surface area contributed by atoms with Crippen molar-refractivity contribution < 1.29 is 0 Å². The molecular weight excluding hydrogens is 214 g/mol. The maximum Gasteiger partial charge on any atom is 0.180 e. The number of fused-ring (bicyclic) bond motifs is 1. The molecule has 5 heteroatoms. The zero-order valence-corrected chi connectivity index (χ0v) is 10.1. The number of nitrogens with one attached hydrogen (secondary N) is 2. The monoisotopic (exact) mass is 231 g/mol. The number of hydrogen-bond acceptors (Lipinski definition) is 4. The third-order valence-electron chi connectivity index (χ3n) is 3.44. The quantitative estimate of drug-likeness (QED) is 0.843. The molecule has 0 spiro atoms. The first-order valence-corrected chi connectivity index (χ1v) is 6.03. The van der Waals surface area contributed by atoms with E-state index in [1.54, 1.807) is 6.20 Å². The third kappa shape index (κ3) is 1.92. The van der Waals surface area contributed by atoms with Gasteiger partial charge in [-0.2, -0.15) is 0 Å². The number of hydrogen-bond donors (Lipinski definition) is 2. The van der Waals surface area contributed by atoms with E-state index < -0.39 is 0 Å². The van der Waals surface area contributed by atoms with Crippen LogP contribution in [0.5, 0.6) is 0 Å². The van der Waals surface area contributed by atoms with E-state index in [-0.39, 0.29) is 0 Å². The van der Waals surface area contributed by atoms with Crippen LogP contribution in [0.4, 0.5) is 11.6 Å². The fourth-order valence-electron chi connectivity index (χ4n) is 2.08. The van der Waals surface area contributed by atoms with Crippen LogP contribution in [0.2, 0.25) is 0 Å². The van der Waals surface area contributed by atoms with Gasteiger partial charge in [-0.05, 0) is 18.3 Å². The predicted octanol–water partition coefficient (Wildman–Crippen LogP) is 1.84. The minimum atomic E-state index is 0.796. The number of imidazole rings is 1. The number of anilines is 2. The lowest BCUT2D eigenvalue weighted by molar-refractivity contribution is 0.784. The zero-order valence-electron chi connectivity index (χ0n) is 10.1. The molecule has 0 radical (unpaired) electrons. The van der Waals surface area contributed by atoms with Crippen molar-refractivity contribution in [1.82, 2.24) is 14.4 Å². The highest BCUT2D eigenvalue weighted by molar-refractivity contribution is 5.65. The van der Waals surface area contributed by atoms with E-state index in [0.717, 1.165) is 35.7 Å². The summed E-state index contributed by atoms with van der Waals surface area (Å²) >= 11 is 0. The minimum Gasteiger partial charge on any atom is -0.372 e. The molecule has 90 valence electrons. The molecule has 1 fully saturated rings. The molecule has 2 aromatic heterocycles. The van der Waals surface area contributed by atoms with Crippen molar-refractivity contribution in [3.8, 4) is 0 Å². The van der Waals surface area contributed by atoms with E-state index in [0.29, 0.717) is 0 Å². The molecular formula is C12H17N5. The standard InChI is InChI=1S/C12H17N5/c1-8-5-9(8)6-15-11-12-14-3-4-17(12)7-10(13-2)16-11/h3-4,7-9,13H,5-6H2,1-2H3,(H,15,16). The smallest absolute Gasteiger partial charge is 0.180 e. The van der Waals surface area contributed by atoms with Gasteiger partial charge in [0.15, 0.2) is 11.5 Å². The van der Waals surface area contributed by atoms with Crippen LogP contribution < -0.4 is 10.6 Å². The maximum atomic E-state index is 4.51. The van der Waals surface area contributed by atoms with E-state index in [4.69, 9.17) is 0 Å². The number of aromatic nitrogens is 3. The molecule has 0 saturated heterocycles. The fraction of sp³-hybridized carbons (Fsp3) is 0.500. The molecule has 2 unspecified atom stereocenters. The van der Waals surface area contributed by atoms with Crippen LogP contribution in [0, 0.1) is 11.8 Å². The lowest BCUT2D eigenvalue weighted by Crippen LogP contribution is -2.09. The summed E-state index contributed by atoms with van der Waals surface area (Å²) in [5.41, 5.74) is 0.886. The predicted molar refractivity (Wildman–Crippen MR) is 68.3 cm³/mol. The van der Waals surface area contributed by atoms with Crippen molar-refractivity contribution in [2.45, 2.75) is 13.3 Å². The fourth-order valence-corrected chi connectivity index (χ4v) is 2.08. The lowest BCUT2D eigenvalue weighted by atomic mass is 10.3. The molecule has 2 heterocycles. The molecule has 2 atom stereocenters. The molecule has 1 aliphatic carbocycles. The Kier molecular flexibility index (Phi) is 2.39. The van der Waals surface area contributed by atoms with Crippen LogP contribution in [0.25, 0.3) is 5.65 Å². The highest BCUT2D eigenvalue weighted by Gasteiger charge is 2.32. The Morgan fingerprint density at radius 2 is 2.35 bits per heavy atom. The van der Waals surface area contributed by atoms with E-state index in [2.05, 4.69) is 27.5 Å². The van der Waals surface area contributed by atoms with Crippen LogP contribution in [0.3, 0.4) is 0 Å². The normalized spacial score (nSPS) is 22.7. The topological polar surface area (TPSA) is 54.2 Å². The van der Waals surface area contributed by atoms with E-state index in [1.807, 2.05) is 23.8 Å². The Balaban J connectivity index is 1.87. The van der Waals surface area contributed by atoms with Gasteiger partial charge in [0.05, 0.1) is 6.20 Å². The van der Waals surface area contributed by atoms with Crippen molar-refractivity contribution >= 4 is 17.3 Å². The van der Waals surface area contributed by atoms with Gasteiger partial charge in [-0.3, -0.25) is 0 Å². The summed E-state index contributed by atoms with van der Waals surface area (Å²) in [5.74, 6) is 3.36. The molecule has 1 aliphatic rings. The van der Waals surface area contributed by atoms with Gasteiger partial charge >= 0.3 is 0 Å². The summed E-state index contributed by atoms with van der Waals surface area (Å²) in [5, 5.41) is 6.47. The maximum absolute atomic E-state index is 4.51.